The highest BCUT2D eigenvalue weighted by molar-refractivity contribution is 5.87. The van der Waals surface area contributed by atoms with Gasteiger partial charge < -0.3 is 9.30 Å². The van der Waals surface area contributed by atoms with Gasteiger partial charge in [0.1, 0.15) is 12.4 Å². The second-order valence-electron chi connectivity index (χ2n) is 7.69. The zero-order chi connectivity index (χ0) is 18.9. The van der Waals surface area contributed by atoms with Gasteiger partial charge in [-0.1, -0.05) is 30.7 Å². The number of nitrogens with zero attached hydrogens (tertiary/aromatic N) is 2. The van der Waals surface area contributed by atoms with Crippen LogP contribution in [0.15, 0.2) is 54.6 Å². The molecule has 2 aromatic carbocycles. The Morgan fingerprint density at radius 2 is 1.86 bits per heavy atom. The number of rotatable bonds is 4. The van der Waals surface area contributed by atoms with Crippen LogP contribution in [-0.2, 0) is 26.0 Å². The first-order valence-electron chi connectivity index (χ1n) is 10.4. The minimum Gasteiger partial charge on any atom is -0.487 e. The highest BCUT2D eigenvalue weighted by Gasteiger charge is 2.18. The number of pyridine rings is 1. The third kappa shape index (κ3) is 3.05. The molecule has 0 unspecified atom stereocenters. The maximum atomic E-state index is 6.14. The summed E-state index contributed by atoms with van der Waals surface area (Å²) in [6, 6.07) is 19.0. The van der Waals surface area contributed by atoms with Crippen LogP contribution >= 0.6 is 0 Å². The maximum absolute atomic E-state index is 6.14. The third-order valence-electron chi connectivity index (χ3n) is 5.96. The lowest BCUT2D eigenvalue weighted by Crippen LogP contribution is -2.01. The molecule has 0 N–H and O–H groups in total. The fourth-order valence-corrected chi connectivity index (χ4v) is 4.59. The van der Waals surface area contributed by atoms with Gasteiger partial charge in [0.2, 0.25) is 0 Å². The topological polar surface area (TPSA) is 27.1 Å². The molecule has 142 valence electrons. The lowest BCUT2D eigenvalue weighted by molar-refractivity contribution is 0.302. The molecule has 2 aromatic heterocycles. The molecule has 4 aromatic rings. The molecule has 5 rings (SSSR count). The van der Waals surface area contributed by atoms with E-state index < -0.39 is 0 Å². The van der Waals surface area contributed by atoms with E-state index >= 15 is 0 Å². The lowest BCUT2D eigenvalue weighted by Gasteiger charge is -2.09. The molecule has 0 spiro atoms. The van der Waals surface area contributed by atoms with Crippen LogP contribution in [-0.4, -0.2) is 9.55 Å². The molecule has 0 bridgehead atoms. The van der Waals surface area contributed by atoms with Gasteiger partial charge in [-0.15, -0.1) is 0 Å². The maximum Gasteiger partial charge on any atom is 0.130 e. The molecule has 0 saturated heterocycles. The first kappa shape index (κ1) is 17.3. The van der Waals surface area contributed by atoms with E-state index in [0.717, 1.165) is 28.9 Å². The first-order valence-corrected chi connectivity index (χ1v) is 10.4. The number of aromatic nitrogens is 2. The summed E-state index contributed by atoms with van der Waals surface area (Å²) in [5.41, 5.74) is 6.42. The summed E-state index contributed by atoms with van der Waals surface area (Å²) in [6.45, 7) is 3.78. The van der Waals surface area contributed by atoms with Crippen molar-refractivity contribution in [2.24, 2.45) is 0 Å². The largest absolute Gasteiger partial charge is 0.487 e. The summed E-state index contributed by atoms with van der Waals surface area (Å²) in [7, 11) is 0. The molecule has 0 amide bonds. The van der Waals surface area contributed by atoms with Gasteiger partial charge in [-0.05, 0) is 68.5 Å². The van der Waals surface area contributed by atoms with Gasteiger partial charge in [0, 0.05) is 28.5 Å². The van der Waals surface area contributed by atoms with Gasteiger partial charge in [0.25, 0.3) is 0 Å². The molecule has 2 heterocycles. The Hall–Kier alpha value is -2.81. The zero-order valence-electron chi connectivity index (χ0n) is 16.4. The van der Waals surface area contributed by atoms with Gasteiger partial charge >= 0.3 is 0 Å². The van der Waals surface area contributed by atoms with E-state index in [0.29, 0.717) is 6.61 Å². The SMILES string of the molecule is CCn1c2c(c3cc(OCc4ccc5ccccc5n4)ccc31)CCCCC2. The molecule has 0 saturated carbocycles. The van der Waals surface area contributed by atoms with Crippen molar-refractivity contribution in [1.29, 1.82) is 0 Å². The first-order chi connectivity index (χ1) is 13.8. The van der Waals surface area contributed by atoms with Crippen molar-refractivity contribution in [1.82, 2.24) is 9.55 Å². The van der Waals surface area contributed by atoms with Crippen LogP contribution in [0.1, 0.15) is 43.1 Å². The molecule has 3 heteroatoms. The Bertz CT molecular complexity index is 1140. The van der Waals surface area contributed by atoms with Crippen molar-refractivity contribution in [3.63, 3.8) is 0 Å². The third-order valence-corrected chi connectivity index (χ3v) is 5.96. The average molecular weight is 370 g/mol. The summed E-state index contributed by atoms with van der Waals surface area (Å²) in [4.78, 5) is 4.72. The number of para-hydroxylation sites is 1. The van der Waals surface area contributed by atoms with Crippen molar-refractivity contribution in [3.05, 3.63) is 71.5 Å². The Balaban J connectivity index is 1.45. The molecule has 1 aliphatic carbocycles. The van der Waals surface area contributed by atoms with Crippen LogP contribution in [0.4, 0.5) is 0 Å². The monoisotopic (exact) mass is 370 g/mol. The molecule has 0 atom stereocenters. The smallest absolute Gasteiger partial charge is 0.130 e. The second-order valence-corrected chi connectivity index (χ2v) is 7.69. The Labute approximate surface area is 166 Å². The lowest BCUT2D eigenvalue weighted by atomic mass is 10.1. The zero-order valence-corrected chi connectivity index (χ0v) is 16.4. The average Bonchev–Trinajstić information content (AvgIpc) is 2.87. The second kappa shape index (κ2) is 7.31. The highest BCUT2D eigenvalue weighted by Crippen LogP contribution is 2.34. The normalized spacial score (nSPS) is 14.2. The van der Waals surface area contributed by atoms with Crippen LogP contribution in [0, 0.1) is 0 Å². The fourth-order valence-electron chi connectivity index (χ4n) is 4.59. The number of fused-ring (bicyclic) bond motifs is 4. The quantitative estimate of drug-likeness (QED) is 0.408. The highest BCUT2D eigenvalue weighted by atomic mass is 16.5. The van der Waals surface area contributed by atoms with Crippen molar-refractivity contribution >= 4 is 21.8 Å². The van der Waals surface area contributed by atoms with E-state index in [9.17, 15) is 0 Å². The van der Waals surface area contributed by atoms with Crippen LogP contribution in [0.2, 0.25) is 0 Å². The van der Waals surface area contributed by atoms with Crippen molar-refractivity contribution in [2.45, 2.75) is 52.2 Å². The van der Waals surface area contributed by atoms with Gasteiger partial charge in [-0.3, -0.25) is 0 Å². The minimum atomic E-state index is 0.493. The van der Waals surface area contributed by atoms with Crippen molar-refractivity contribution in [2.75, 3.05) is 0 Å². The molecule has 0 fully saturated rings. The molecule has 28 heavy (non-hydrogen) atoms. The van der Waals surface area contributed by atoms with E-state index in [1.807, 2.05) is 18.2 Å². The molecule has 3 nitrogen and oxygen atoms in total. The summed E-state index contributed by atoms with van der Waals surface area (Å²) < 4.78 is 8.65. The number of hydrogen-bond acceptors (Lipinski definition) is 2. The van der Waals surface area contributed by atoms with Crippen molar-refractivity contribution in [3.8, 4) is 5.75 Å². The van der Waals surface area contributed by atoms with Crippen molar-refractivity contribution < 1.29 is 4.74 Å². The van der Waals surface area contributed by atoms with Gasteiger partial charge in [-0.25, -0.2) is 4.98 Å². The van der Waals surface area contributed by atoms with Crippen LogP contribution in [0.25, 0.3) is 21.8 Å². The van der Waals surface area contributed by atoms with E-state index in [1.165, 1.54) is 43.0 Å². The predicted octanol–water partition coefficient (Wildman–Crippen LogP) is 6.06. The molecular formula is C25H26N2O. The molecule has 0 radical (unpaired) electrons. The van der Waals surface area contributed by atoms with E-state index in [4.69, 9.17) is 9.72 Å². The Morgan fingerprint density at radius 3 is 2.79 bits per heavy atom. The number of ether oxygens (including phenoxy) is 1. The number of hydrogen-bond donors (Lipinski definition) is 0. The van der Waals surface area contributed by atoms with Crippen LogP contribution in [0.3, 0.4) is 0 Å². The summed E-state index contributed by atoms with van der Waals surface area (Å²) >= 11 is 0. The standard InChI is InChI=1S/C25H26N2O/c1-2-27-24-11-5-3-4-9-21(24)22-16-20(14-15-25(22)27)28-17-19-13-12-18-8-6-7-10-23(18)26-19/h6-8,10,12-16H,2-5,9,11,17H2,1H3. The number of aryl methyl sites for hydroxylation is 2. The molecular weight excluding hydrogens is 344 g/mol. The fraction of sp³-hybridized carbons (Fsp3) is 0.320. The van der Waals surface area contributed by atoms with Gasteiger partial charge in [-0.2, -0.15) is 0 Å². The van der Waals surface area contributed by atoms with E-state index in [-0.39, 0.29) is 0 Å². The van der Waals surface area contributed by atoms with Crippen LogP contribution in [0.5, 0.6) is 5.75 Å². The molecule has 1 aliphatic rings. The summed E-state index contributed by atoms with van der Waals surface area (Å²) in [6.07, 6.45) is 6.33. The Kier molecular flexibility index (Phi) is 4.52. The summed E-state index contributed by atoms with van der Waals surface area (Å²) in [5.74, 6) is 0.933. The van der Waals surface area contributed by atoms with Crippen LogP contribution < -0.4 is 4.74 Å². The molecule has 0 aliphatic heterocycles. The number of benzene rings is 2. The van der Waals surface area contributed by atoms with E-state index in [2.05, 4.69) is 47.9 Å². The van der Waals surface area contributed by atoms with Gasteiger partial charge in [0.05, 0.1) is 11.2 Å². The van der Waals surface area contributed by atoms with E-state index in [1.54, 1.807) is 11.3 Å². The minimum absolute atomic E-state index is 0.493. The Morgan fingerprint density at radius 1 is 0.964 bits per heavy atom. The summed E-state index contributed by atoms with van der Waals surface area (Å²) in [5, 5.41) is 2.54. The van der Waals surface area contributed by atoms with Gasteiger partial charge in [0.15, 0.2) is 0 Å². The predicted molar refractivity (Wildman–Crippen MR) is 115 cm³/mol.